The summed E-state index contributed by atoms with van der Waals surface area (Å²) in [6, 6.07) is 11.9. The Morgan fingerprint density at radius 2 is 2.00 bits per heavy atom. The average molecular weight is 277 g/mol. The Balaban J connectivity index is 1.78. The fourth-order valence-corrected chi connectivity index (χ4v) is 2.89. The SMILES string of the molecule is Cc1ccc2c(c1)C(=O)N(c1ccc3c(ccn3C)n1)C2. The Morgan fingerprint density at radius 3 is 2.86 bits per heavy atom. The molecule has 0 aliphatic carbocycles. The largest absolute Gasteiger partial charge is 0.349 e. The average Bonchev–Trinajstić information content (AvgIpc) is 3.01. The molecule has 3 heterocycles. The second-order valence-corrected chi connectivity index (χ2v) is 5.55. The molecular weight excluding hydrogens is 262 g/mol. The quantitative estimate of drug-likeness (QED) is 0.685. The first-order chi connectivity index (χ1) is 10.1. The molecule has 4 rings (SSSR count). The smallest absolute Gasteiger partial charge is 0.260 e. The van der Waals surface area contributed by atoms with E-state index in [9.17, 15) is 4.79 Å². The molecule has 0 bridgehead atoms. The fourth-order valence-electron chi connectivity index (χ4n) is 2.89. The van der Waals surface area contributed by atoms with Gasteiger partial charge in [0.05, 0.1) is 17.6 Å². The zero-order valence-corrected chi connectivity index (χ0v) is 12.0. The van der Waals surface area contributed by atoms with Gasteiger partial charge in [0.1, 0.15) is 5.82 Å². The molecule has 0 fully saturated rings. The molecule has 104 valence electrons. The van der Waals surface area contributed by atoms with Crippen LogP contribution in [0.1, 0.15) is 21.5 Å². The summed E-state index contributed by atoms with van der Waals surface area (Å²) in [5.74, 6) is 0.754. The van der Waals surface area contributed by atoms with Crippen LogP contribution in [0.3, 0.4) is 0 Å². The number of aryl methyl sites for hydroxylation is 2. The topological polar surface area (TPSA) is 38.1 Å². The van der Waals surface area contributed by atoms with Gasteiger partial charge in [0.2, 0.25) is 0 Å². The van der Waals surface area contributed by atoms with Crippen LogP contribution in [0.4, 0.5) is 5.82 Å². The highest BCUT2D eigenvalue weighted by Crippen LogP contribution is 2.29. The van der Waals surface area contributed by atoms with E-state index < -0.39 is 0 Å². The number of pyridine rings is 1. The van der Waals surface area contributed by atoms with Crippen molar-refractivity contribution in [1.82, 2.24) is 9.55 Å². The number of rotatable bonds is 1. The first-order valence-corrected chi connectivity index (χ1v) is 6.97. The third kappa shape index (κ3) is 1.76. The van der Waals surface area contributed by atoms with Gasteiger partial charge in [-0.2, -0.15) is 0 Å². The lowest BCUT2D eigenvalue weighted by atomic mass is 10.1. The van der Waals surface area contributed by atoms with Gasteiger partial charge in [-0.05, 0) is 36.8 Å². The van der Waals surface area contributed by atoms with E-state index in [0.29, 0.717) is 12.4 Å². The van der Waals surface area contributed by atoms with Crippen LogP contribution in [0.5, 0.6) is 0 Å². The van der Waals surface area contributed by atoms with E-state index in [0.717, 1.165) is 27.7 Å². The minimum atomic E-state index is 0.0384. The minimum Gasteiger partial charge on any atom is -0.349 e. The third-order valence-electron chi connectivity index (χ3n) is 4.07. The summed E-state index contributed by atoms with van der Waals surface area (Å²) in [7, 11) is 1.99. The Kier molecular flexibility index (Phi) is 2.42. The number of fused-ring (bicyclic) bond motifs is 2. The van der Waals surface area contributed by atoms with Crippen LogP contribution in [0.15, 0.2) is 42.6 Å². The lowest BCUT2D eigenvalue weighted by Gasteiger charge is -2.14. The van der Waals surface area contributed by atoms with E-state index in [1.54, 1.807) is 4.90 Å². The van der Waals surface area contributed by atoms with Crippen molar-refractivity contribution >= 4 is 22.8 Å². The zero-order chi connectivity index (χ0) is 14.6. The number of amides is 1. The highest BCUT2D eigenvalue weighted by molar-refractivity contribution is 6.09. The van der Waals surface area contributed by atoms with Crippen molar-refractivity contribution in [3.05, 3.63) is 59.3 Å². The molecule has 4 heteroatoms. The summed E-state index contributed by atoms with van der Waals surface area (Å²) in [5, 5.41) is 0. The molecule has 0 saturated heterocycles. The van der Waals surface area contributed by atoms with Crippen LogP contribution in [-0.4, -0.2) is 15.5 Å². The van der Waals surface area contributed by atoms with Crippen LogP contribution in [-0.2, 0) is 13.6 Å². The number of benzene rings is 1. The van der Waals surface area contributed by atoms with Crippen LogP contribution >= 0.6 is 0 Å². The Hall–Kier alpha value is -2.62. The number of carbonyl (C=O) groups excluding carboxylic acids is 1. The molecule has 0 spiro atoms. The minimum absolute atomic E-state index is 0.0384. The van der Waals surface area contributed by atoms with E-state index in [1.807, 2.05) is 61.1 Å². The molecule has 1 aliphatic heterocycles. The van der Waals surface area contributed by atoms with E-state index in [4.69, 9.17) is 0 Å². The molecule has 2 aromatic heterocycles. The lowest BCUT2D eigenvalue weighted by molar-refractivity contribution is 0.0996. The molecule has 0 atom stereocenters. The van der Waals surface area contributed by atoms with Crippen molar-refractivity contribution in [3.63, 3.8) is 0 Å². The molecule has 21 heavy (non-hydrogen) atoms. The van der Waals surface area contributed by atoms with Gasteiger partial charge >= 0.3 is 0 Å². The van der Waals surface area contributed by atoms with Gasteiger partial charge < -0.3 is 4.57 Å². The summed E-state index contributed by atoms with van der Waals surface area (Å²) >= 11 is 0. The standard InChI is InChI=1S/C17H15N3O/c1-11-3-4-12-10-20(17(21)13(12)9-11)16-6-5-15-14(18-16)7-8-19(15)2/h3-9H,10H2,1-2H3. The van der Waals surface area contributed by atoms with Gasteiger partial charge in [0.15, 0.2) is 0 Å². The third-order valence-corrected chi connectivity index (χ3v) is 4.07. The molecular formula is C17H15N3O. The molecule has 0 saturated carbocycles. The highest BCUT2D eigenvalue weighted by atomic mass is 16.2. The van der Waals surface area contributed by atoms with Gasteiger partial charge in [-0.1, -0.05) is 17.7 Å². The fraction of sp³-hybridized carbons (Fsp3) is 0.176. The van der Waals surface area contributed by atoms with Gasteiger partial charge in [0.25, 0.3) is 5.91 Å². The maximum Gasteiger partial charge on any atom is 0.260 e. The van der Waals surface area contributed by atoms with Gasteiger partial charge in [0, 0.05) is 18.8 Å². The van der Waals surface area contributed by atoms with Crippen molar-refractivity contribution in [2.24, 2.45) is 7.05 Å². The maximum absolute atomic E-state index is 12.6. The second kappa shape index (κ2) is 4.19. The van der Waals surface area contributed by atoms with E-state index in [2.05, 4.69) is 4.98 Å². The van der Waals surface area contributed by atoms with Crippen molar-refractivity contribution in [3.8, 4) is 0 Å². The Morgan fingerprint density at radius 1 is 1.14 bits per heavy atom. The molecule has 0 unspecified atom stereocenters. The van der Waals surface area contributed by atoms with Gasteiger partial charge in [-0.25, -0.2) is 4.98 Å². The number of hydrogen-bond acceptors (Lipinski definition) is 2. The second-order valence-electron chi connectivity index (χ2n) is 5.55. The molecule has 3 aromatic rings. The van der Waals surface area contributed by atoms with Crippen LogP contribution in [0.2, 0.25) is 0 Å². The number of hydrogen-bond donors (Lipinski definition) is 0. The van der Waals surface area contributed by atoms with Crippen molar-refractivity contribution in [2.45, 2.75) is 13.5 Å². The molecule has 1 aliphatic rings. The van der Waals surface area contributed by atoms with E-state index in [1.165, 1.54) is 0 Å². The Labute approximate surface area is 122 Å². The molecule has 4 nitrogen and oxygen atoms in total. The summed E-state index contributed by atoms with van der Waals surface area (Å²) in [4.78, 5) is 18.9. The molecule has 0 radical (unpaired) electrons. The lowest BCUT2D eigenvalue weighted by Crippen LogP contribution is -2.23. The summed E-state index contributed by atoms with van der Waals surface area (Å²) in [5.41, 5.74) is 4.95. The normalized spacial score (nSPS) is 14.0. The number of carbonyl (C=O) groups is 1. The van der Waals surface area contributed by atoms with Gasteiger partial charge in [-0.15, -0.1) is 0 Å². The summed E-state index contributed by atoms with van der Waals surface area (Å²) in [6.45, 7) is 2.60. The summed E-state index contributed by atoms with van der Waals surface area (Å²) < 4.78 is 2.02. The summed E-state index contributed by atoms with van der Waals surface area (Å²) in [6.07, 6.45) is 1.98. The number of anilines is 1. The van der Waals surface area contributed by atoms with Crippen molar-refractivity contribution in [1.29, 1.82) is 0 Å². The predicted octanol–water partition coefficient (Wildman–Crippen LogP) is 3.04. The first kappa shape index (κ1) is 12.1. The maximum atomic E-state index is 12.6. The Bertz CT molecular complexity index is 879. The molecule has 1 amide bonds. The monoisotopic (exact) mass is 277 g/mol. The van der Waals surface area contributed by atoms with Crippen LogP contribution < -0.4 is 4.90 Å². The first-order valence-electron chi connectivity index (χ1n) is 6.97. The number of aromatic nitrogens is 2. The molecule has 1 aromatic carbocycles. The van der Waals surface area contributed by atoms with Crippen LogP contribution in [0.25, 0.3) is 11.0 Å². The highest BCUT2D eigenvalue weighted by Gasteiger charge is 2.29. The van der Waals surface area contributed by atoms with E-state index in [-0.39, 0.29) is 5.91 Å². The predicted molar refractivity (Wildman–Crippen MR) is 82.4 cm³/mol. The van der Waals surface area contributed by atoms with Crippen molar-refractivity contribution in [2.75, 3.05) is 4.90 Å². The zero-order valence-electron chi connectivity index (χ0n) is 12.0. The van der Waals surface area contributed by atoms with E-state index >= 15 is 0 Å². The van der Waals surface area contributed by atoms with Crippen LogP contribution in [0, 0.1) is 6.92 Å². The molecule has 0 N–H and O–H groups in total. The number of nitrogens with zero attached hydrogens (tertiary/aromatic N) is 3. The van der Waals surface area contributed by atoms with Crippen molar-refractivity contribution < 1.29 is 4.79 Å². The van der Waals surface area contributed by atoms with Gasteiger partial charge in [-0.3, -0.25) is 9.69 Å².